The van der Waals surface area contributed by atoms with Crippen molar-refractivity contribution in [3.8, 4) is 0 Å². The molecule has 0 bridgehead atoms. The summed E-state index contributed by atoms with van der Waals surface area (Å²) < 4.78 is 1.74. The molecule has 0 fully saturated rings. The monoisotopic (exact) mass is 209 g/mol. The molecule has 5 heteroatoms. The van der Waals surface area contributed by atoms with Crippen molar-refractivity contribution in [3.05, 3.63) is 29.2 Å². The second-order valence-corrected chi connectivity index (χ2v) is 3.42. The van der Waals surface area contributed by atoms with Gasteiger partial charge in [-0.1, -0.05) is 11.6 Å². The number of aromatic nitrogens is 2. The van der Waals surface area contributed by atoms with Gasteiger partial charge < -0.3 is 10.3 Å². The topological polar surface area (TPSA) is 60.9 Å². The van der Waals surface area contributed by atoms with E-state index >= 15 is 0 Å². The molecule has 2 N–H and O–H groups in total. The van der Waals surface area contributed by atoms with Crippen LogP contribution in [0.25, 0.3) is 10.9 Å². The number of fused-ring (bicyclic) bond motifs is 1. The normalized spacial score (nSPS) is 10.7. The third-order valence-corrected chi connectivity index (χ3v) is 2.38. The maximum absolute atomic E-state index is 11.1. The molecule has 0 atom stereocenters. The number of amides is 1. The van der Waals surface area contributed by atoms with Crippen LogP contribution in [0.1, 0.15) is 10.5 Å². The highest BCUT2D eigenvalue weighted by Crippen LogP contribution is 2.25. The third-order valence-electron chi connectivity index (χ3n) is 2.07. The molecule has 0 spiro atoms. The van der Waals surface area contributed by atoms with E-state index in [1.54, 1.807) is 23.9 Å². The lowest BCUT2D eigenvalue weighted by atomic mass is 10.2. The highest BCUT2D eigenvalue weighted by Gasteiger charge is 2.13. The molecule has 0 radical (unpaired) electrons. The third kappa shape index (κ3) is 1.15. The fraction of sp³-hybridized carbons (Fsp3) is 0.111. The lowest BCUT2D eigenvalue weighted by Crippen LogP contribution is -2.14. The molecule has 0 aliphatic rings. The molecule has 0 unspecified atom stereocenters. The maximum atomic E-state index is 11.1. The Morgan fingerprint density at radius 3 is 3.00 bits per heavy atom. The highest BCUT2D eigenvalue weighted by molar-refractivity contribution is 6.36. The summed E-state index contributed by atoms with van der Waals surface area (Å²) in [6, 6.07) is 1.75. The van der Waals surface area contributed by atoms with Crippen LogP contribution < -0.4 is 5.73 Å². The first-order valence-electron chi connectivity index (χ1n) is 4.00. The van der Waals surface area contributed by atoms with Crippen LogP contribution in [0.15, 0.2) is 18.5 Å². The van der Waals surface area contributed by atoms with Gasteiger partial charge in [0.2, 0.25) is 0 Å². The quantitative estimate of drug-likeness (QED) is 0.770. The van der Waals surface area contributed by atoms with Crippen LogP contribution in [0.4, 0.5) is 0 Å². The summed E-state index contributed by atoms with van der Waals surface area (Å²) in [7, 11) is 1.79. The van der Waals surface area contributed by atoms with Gasteiger partial charge in [0, 0.05) is 24.8 Å². The molecule has 72 valence electrons. The van der Waals surface area contributed by atoms with E-state index in [0.29, 0.717) is 10.5 Å². The van der Waals surface area contributed by atoms with Crippen molar-refractivity contribution in [2.24, 2.45) is 12.8 Å². The lowest BCUT2D eigenvalue weighted by molar-refractivity contribution is 0.0997. The van der Waals surface area contributed by atoms with Gasteiger partial charge in [0.25, 0.3) is 5.91 Å². The van der Waals surface area contributed by atoms with Gasteiger partial charge in [0.05, 0.1) is 10.5 Å². The molecule has 2 aromatic heterocycles. The fourth-order valence-electron chi connectivity index (χ4n) is 1.49. The molecule has 4 nitrogen and oxygen atoms in total. The van der Waals surface area contributed by atoms with Crippen molar-refractivity contribution < 1.29 is 4.79 Å². The largest absolute Gasteiger partial charge is 0.364 e. The molecule has 0 aliphatic heterocycles. The predicted octanol–water partition coefficient (Wildman–Crippen LogP) is 1.33. The van der Waals surface area contributed by atoms with Gasteiger partial charge in [0.15, 0.2) is 5.69 Å². The minimum absolute atomic E-state index is 0.247. The average molecular weight is 210 g/mol. The molecule has 1 amide bonds. The summed E-state index contributed by atoms with van der Waals surface area (Å²) in [4.78, 5) is 15.0. The van der Waals surface area contributed by atoms with E-state index in [0.717, 1.165) is 5.39 Å². The van der Waals surface area contributed by atoms with Crippen molar-refractivity contribution in [1.82, 2.24) is 9.55 Å². The van der Waals surface area contributed by atoms with E-state index in [-0.39, 0.29) is 5.69 Å². The Bertz CT molecular complexity index is 518. The van der Waals surface area contributed by atoms with Gasteiger partial charge in [-0.15, -0.1) is 0 Å². The Labute approximate surface area is 85.3 Å². The van der Waals surface area contributed by atoms with E-state index in [4.69, 9.17) is 17.3 Å². The lowest BCUT2D eigenvalue weighted by Gasteiger charge is -2.00. The van der Waals surface area contributed by atoms with Gasteiger partial charge in [0.1, 0.15) is 0 Å². The zero-order chi connectivity index (χ0) is 10.3. The standard InChI is InChI=1S/C9H8ClN3O/c1-13-4-6(10)5-2-3-12-7(8(5)13)9(11)14/h2-4H,1H3,(H2,11,14). The summed E-state index contributed by atoms with van der Waals surface area (Å²) in [6.07, 6.45) is 3.24. The van der Waals surface area contributed by atoms with Crippen molar-refractivity contribution in [2.45, 2.75) is 0 Å². The first-order valence-corrected chi connectivity index (χ1v) is 4.38. The summed E-state index contributed by atoms with van der Waals surface area (Å²) in [6.45, 7) is 0. The number of nitrogens with zero attached hydrogens (tertiary/aromatic N) is 2. The Morgan fingerprint density at radius 1 is 1.64 bits per heavy atom. The van der Waals surface area contributed by atoms with Crippen molar-refractivity contribution >= 4 is 28.4 Å². The molecule has 14 heavy (non-hydrogen) atoms. The van der Waals surface area contributed by atoms with Crippen LogP contribution in [0.3, 0.4) is 0 Å². The summed E-state index contributed by atoms with van der Waals surface area (Å²) in [5, 5.41) is 1.38. The smallest absolute Gasteiger partial charge is 0.269 e. The van der Waals surface area contributed by atoms with E-state index < -0.39 is 5.91 Å². The SMILES string of the molecule is Cn1cc(Cl)c2ccnc(C(N)=O)c21. The van der Waals surface area contributed by atoms with Crippen LogP contribution in [-0.4, -0.2) is 15.5 Å². The Kier molecular flexibility index (Phi) is 1.93. The number of primary amides is 1. The summed E-state index contributed by atoms with van der Waals surface area (Å²) >= 11 is 5.95. The van der Waals surface area contributed by atoms with Crippen molar-refractivity contribution in [2.75, 3.05) is 0 Å². The van der Waals surface area contributed by atoms with Crippen LogP contribution in [-0.2, 0) is 7.05 Å². The molecule has 0 saturated heterocycles. The fourth-order valence-corrected chi connectivity index (χ4v) is 1.79. The summed E-state index contributed by atoms with van der Waals surface area (Å²) in [5.41, 5.74) is 6.12. The Hall–Kier alpha value is -1.55. The maximum Gasteiger partial charge on any atom is 0.269 e. The van der Waals surface area contributed by atoms with Crippen LogP contribution >= 0.6 is 11.6 Å². The average Bonchev–Trinajstić information content (AvgIpc) is 2.43. The van der Waals surface area contributed by atoms with Crippen LogP contribution in [0, 0.1) is 0 Å². The Morgan fingerprint density at radius 2 is 2.36 bits per heavy atom. The predicted molar refractivity (Wildman–Crippen MR) is 54.2 cm³/mol. The number of aryl methyl sites for hydroxylation is 1. The van der Waals surface area contributed by atoms with Crippen molar-refractivity contribution in [1.29, 1.82) is 0 Å². The van der Waals surface area contributed by atoms with Gasteiger partial charge in [-0.25, -0.2) is 4.98 Å². The van der Waals surface area contributed by atoms with Crippen molar-refractivity contribution in [3.63, 3.8) is 0 Å². The van der Waals surface area contributed by atoms with Crippen LogP contribution in [0.5, 0.6) is 0 Å². The van der Waals surface area contributed by atoms with Gasteiger partial charge in [-0.3, -0.25) is 4.79 Å². The molecule has 0 aromatic carbocycles. The number of carbonyl (C=O) groups is 1. The van der Waals surface area contributed by atoms with Gasteiger partial charge in [-0.2, -0.15) is 0 Å². The zero-order valence-corrected chi connectivity index (χ0v) is 8.25. The number of halogens is 1. The van der Waals surface area contributed by atoms with Gasteiger partial charge in [-0.05, 0) is 6.07 Å². The number of rotatable bonds is 1. The summed E-state index contributed by atoms with van der Waals surface area (Å²) in [5.74, 6) is -0.548. The molecular formula is C9H8ClN3O. The van der Waals surface area contributed by atoms with E-state index in [1.807, 2.05) is 0 Å². The van der Waals surface area contributed by atoms with Gasteiger partial charge >= 0.3 is 0 Å². The molecule has 0 saturated carbocycles. The molecule has 2 rings (SSSR count). The zero-order valence-electron chi connectivity index (χ0n) is 7.49. The number of hydrogen-bond donors (Lipinski definition) is 1. The van der Waals surface area contributed by atoms with E-state index in [9.17, 15) is 4.79 Å². The second-order valence-electron chi connectivity index (χ2n) is 3.01. The first-order chi connectivity index (χ1) is 6.61. The highest BCUT2D eigenvalue weighted by atomic mass is 35.5. The van der Waals surface area contributed by atoms with E-state index in [2.05, 4.69) is 4.98 Å². The second kappa shape index (κ2) is 2.99. The number of pyridine rings is 1. The van der Waals surface area contributed by atoms with Crippen LogP contribution in [0.2, 0.25) is 5.02 Å². The minimum atomic E-state index is -0.548. The first kappa shape index (κ1) is 9.02. The number of hydrogen-bond acceptors (Lipinski definition) is 2. The van der Waals surface area contributed by atoms with E-state index in [1.165, 1.54) is 6.20 Å². The Balaban J connectivity index is 2.92. The number of carbonyl (C=O) groups excluding carboxylic acids is 1. The molecular weight excluding hydrogens is 202 g/mol. The number of nitrogens with two attached hydrogens (primary N) is 1. The molecule has 2 heterocycles. The molecule has 2 aromatic rings. The molecule has 0 aliphatic carbocycles. The minimum Gasteiger partial charge on any atom is -0.364 e.